The van der Waals surface area contributed by atoms with Gasteiger partial charge in [0.25, 0.3) is 0 Å². The fourth-order valence-corrected chi connectivity index (χ4v) is 6.77. The van der Waals surface area contributed by atoms with Crippen molar-refractivity contribution in [2.24, 2.45) is 23.2 Å². The Morgan fingerprint density at radius 3 is 2.40 bits per heavy atom. The van der Waals surface area contributed by atoms with Gasteiger partial charge in [-0.3, -0.25) is 4.90 Å². The summed E-state index contributed by atoms with van der Waals surface area (Å²) in [6, 6.07) is 17.3. The SMILES string of the molecule is CCOC(=O)c1ccc(N2CCN(Cc3ccccc3N[C@H]3C[C@@H]4C[C@H]([C@@H]3C)C4(C)C)CC2)cc1. The zero-order chi connectivity index (χ0) is 24.6. The number of para-hydroxylation sites is 1. The Kier molecular flexibility index (Phi) is 6.80. The smallest absolute Gasteiger partial charge is 0.338 e. The van der Waals surface area contributed by atoms with Crippen LogP contribution in [0.5, 0.6) is 0 Å². The maximum absolute atomic E-state index is 11.9. The lowest BCUT2D eigenvalue weighted by molar-refractivity contribution is -0.105. The molecular formula is C30H41N3O2. The summed E-state index contributed by atoms with van der Waals surface area (Å²) in [5, 5.41) is 3.97. The molecule has 188 valence electrons. The monoisotopic (exact) mass is 475 g/mol. The molecule has 0 radical (unpaired) electrons. The largest absolute Gasteiger partial charge is 0.462 e. The molecule has 5 heteroatoms. The Hall–Kier alpha value is -2.53. The Morgan fingerprint density at radius 2 is 1.74 bits per heavy atom. The number of fused-ring (bicyclic) bond motifs is 2. The molecule has 0 unspecified atom stereocenters. The molecule has 0 amide bonds. The number of hydrogen-bond donors (Lipinski definition) is 1. The van der Waals surface area contributed by atoms with Gasteiger partial charge >= 0.3 is 5.97 Å². The van der Waals surface area contributed by atoms with Crippen LogP contribution in [0.25, 0.3) is 0 Å². The molecule has 1 aliphatic heterocycles. The van der Waals surface area contributed by atoms with Crippen molar-refractivity contribution < 1.29 is 9.53 Å². The van der Waals surface area contributed by atoms with Crippen molar-refractivity contribution in [3.05, 3.63) is 59.7 Å². The zero-order valence-corrected chi connectivity index (χ0v) is 21.8. The van der Waals surface area contributed by atoms with Crippen LogP contribution in [-0.2, 0) is 11.3 Å². The second kappa shape index (κ2) is 9.85. The van der Waals surface area contributed by atoms with E-state index < -0.39 is 0 Å². The number of piperazine rings is 1. The van der Waals surface area contributed by atoms with Crippen LogP contribution in [0.15, 0.2) is 48.5 Å². The minimum atomic E-state index is -0.250. The number of benzene rings is 2. The Morgan fingerprint density at radius 1 is 1.03 bits per heavy atom. The van der Waals surface area contributed by atoms with Gasteiger partial charge in [0.15, 0.2) is 0 Å². The van der Waals surface area contributed by atoms with Gasteiger partial charge in [0.2, 0.25) is 0 Å². The third-order valence-electron chi connectivity index (χ3n) is 9.22. The molecule has 1 heterocycles. The van der Waals surface area contributed by atoms with Crippen LogP contribution in [0.2, 0.25) is 0 Å². The first-order valence-corrected chi connectivity index (χ1v) is 13.5. The maximum atomic E-state index is 11.9. The zero-order valence-electron chi connectivity index (χ0n) is 21.8. The van der Waals surface area contributed by atoms with E-state index in [0.29, 0.717) is 23.6 Å². The lowest BCUT2D eigenvalue weighted by Crippen LogP contribution is -2.58. The van der Waals surface area contributed by atoms with E-state index in [0.717, 1.165) is 50.5 Å². The first-order valence-electron chi connectivity index (χ1n) is 13.5. The summed E-state index contributed by atoms with van der Waals surface area (Å²) in [6.45, 7) is 14.7. The lowest BCUT2D eigenvalue weighted by atomic mass is 9.45. The Labute approximate surface area is 210 Å². The van der Waals surface area contributed by atoms with E-state index in [1.165, 1.54) is 29.8 Å². The van der Waals surface area contributed by atoms with Crippen molar-refractivity contribution in [3.8, 4) is 0 Å². The fraction of sp³-hybridized carbons (Fsp3) is 0.567. The minimum absolute atomic E-state index is 0.250. The summed E-state index contributed by atoms with van der Waals surface area (Å²) in [5.74, 6) is 2.19. The van der Waals surface area contributed by atoms with Crippen LogP contribution in [0.3, 0.4) is 0 Å². The summed E-state index contributed by atoms with van der Waals surface area (Å²) in [5.41, 5.74) is 5.04. The summed E-state index contributed by atoms with van der Waals surface area (Å²) < 4.78 is 5.10. The van der Waals surface area contributed by atoms with Gasteiger partial charge in [-0.1, -0.05) is 39.0 Å². The number of nitrogens with zero attached hydrogens (tertiary/aromatic N) is 2. The predicted molar refractivity (Wildman–Crippen MR) is 143 cm³/mol. The van der Waals surface area contributed by atoms with Crippen molar-refractivity contribution in [2.45, 2.75) is 53.1 Å². The van der Waals surface area contributed by atoms with Crippen LogP contribution in [0.4, 0.5) is 11.4 Å². The number of anilines is 2. The minimum Gasteiger partial charge on any atom is -0.462 e. The van der Waals surface area contributed by atoms with Crippen molar-refractivity contribution in [1.29, 1.82) is 0 Å². The molecule has 2 bridgehead atoms. The van der Waals surface area contributed by atoms with Crippen LogP contribution in [0, 0.1) is 23.2 Å². The molecule has 1 saturated heterocycles. The number of esters is 1. The second-order valence-corrected chi connectivity index (χ2v) is 11.4. The molecule has 0 spiro atoms. The summed E-state index contributed by atoms with van der Waals surface area (Å²) >= 11 is 0. The molecule has 4 aliphatic rings. The third-order valence-corrected chi connectivity index (χ3v) is 9.22. The maximum Gasteiger partial charge on any atom is 0.338 e. The highest BCUT2D eigenvalue weighted by molar-refractivity contribution is 5.89. The van der Waals surface area contributed by atoms with Gasteiger partial charge < -0.3 is 15.0 Å². The standard InChI is InChI=1S/C30H41N3O2/c1-5-35-29(34)22-10-12-25(13-11-22)33-16-14-32(15-17-33)20-23-8-6-7-9-27(23)31-28-19-24-18-26(21(28)2)30(24,3)4/h6-13,21,24,26,28,31H,5,14-20H2,1-4H3/t21-,24-,26+,28-/m0/s1. The van der Waals surface area contributed by atoms with E-state index in [1.807, 2.05) is 31.2 Å². The van der Waals surface area contributed by atoms with Gasteiger partial charge in [-0.05, 0) is 78.8 Å². The molecule has 1 N–H and O–H groups in total. The summed E-state index contributed by atoms with van der Waals surface area (Å²) in [4.78, 5) is 16.9. The fourth-order valence-electron chi connectivity index (χ4n) is 6.77. The van der Waals surface area contributed by atoms with Gasteiger partial charge in [-0.2, -0.15) is 0 Å². The molecule has 3 saturated carbocycles. The predicted octanol–water partition coefficient (Wildman–Crippen LogP) is 5.67. The average Bonchev–Trinajstić information content (AvgIpc) is 2.87. The Balaban J connectivity index is 1.17. The van der Waals surface area contributed by atoms with Gasteiger partial charge in [0.05, 0.1) is 12.2 Å². The Bertz CT molecular complexity index is 1030. The number of nitrogens with one attached hydrogen (secondary N) is 1. The summed E-state index contributed by atoms with van der Waals surface area (Å²) in [6.07, 6.45) is 2.72. The van der Waals surface area contributed by atoms with Gasteiger partial charge in [0.1, 0.15) is 0 Å². The van der Waals surface area contributed by atoms with Crippen LogP contribution in [-0.4, -0.2) is 49.7 Å². The molecule has 6 rings (SSSR count). The molecule has 4 fully saturated rings. The lowest BCUT2D eigenvalue weighted by Gasteiger charge is -2.62. The van der Waals surface area contributed by atoms with Crippen molar-refractivity contribution in [3.63, 3.8) is 0 Å². The van der Waals surface area contributed by atoms with Gasteiger partial charge in [-0.15, -0.1) is 0 Å². The van der Waals surface area contributed by atoms with E-state index in [-0.39, 0.29) is 5.97 Å². The molecule has 2 aromatic rings. The van der Waals surface area contributed by atoms with Crippen LogP contribution < -0.4 is 10.2 Å². The molecule has 0 aromatic heterocycles. The normalized spacial score (nSPS) is 27.7. The van der Waals surface area contributed by atoms with Gasteiger partial charge in [0, 0.05) is 50.1 Å². The first kappa shape index (κ1) is 24.2. The quantitative estimate of drug-likeness (QED) is 0.523. The van der Waals surface area contributed by atoms with E-state index in [2.05, 4.69) is 60.2 Å². The number of ether oxygens (including phenoxy) is 1. The van der Waals surface area contributed by atoms with Crippen LogP contribution in [0.1, 0.15) is 56.5 Å². The third kappa shape index (κ3) is 4.80. The summed E-state index contributed by atoms with van der Waals surface area (Å²) in [7, 11) is 0. The number of hydrogen-bond acceptors (Lipinski definition) is 5. The number of carbonyl (C=O) groups excluding carboxylic acids is 1. The van der Waals surface area contributed by atoms with E-state index in [1.54, 1.807) is 0 Å². The molecule has 3 aliphatic carbocycles. The average molecular weight is 476 g/mol. The molecule has 35 heavy (non-hydrogen) atoms. The molecule has 4 atom stereocenters. The van der Waals surface area contributed by atoms with Crippen molar-refractivity contribution in [1.82, 2.24) is 4.90 Å². The highest BCUT2D eigenvalue weighted by Crippen LogP contribution is 2.61. The topological polar surface area (TPSA) is 44.8 Å². The number of carbonyl (C=O) groups is 1. The van der Waals surface area contributed by atoms with Crippen molar-refractivity contribution in [2.75, 3.05) is 43.0 Å². The van der Waals surface area contributed by atoms with Gasteiger partial charge in [-0.25, -0.2) is 4.79 Å². The highest BCUT2D eigenvalue weighted by atomic mass is 16.5. The molecule has 5 nitrogen and oxygen atoms in total. The first-order chi connectivity index (χ1) is 16.9. The highest BCUT2D eigenvalue weighted by Gasteiger charge is 2.56. The van der Waals surface area contributed by atoms with E-state index >= 15 is 0 Å². The van der Waals surface area contributed by atoms with Crippen molar-refractivity contribution >= 4 is 17.3 Å². The second-order valence-electron chi connectivity index (χ2n) is 11.4. The molecule has 2 aromatic carbocycles. The van der Waals surface area contributed by atoms with E-state index in [9.17, 15) is 4.79 Å². The molecular weight excluding hydrogens is 434 g/mol. The van der Waals surface area contributed by atoms with Crippen LogP contribution >= 0.6 is 0 Å². The number of rotatable bonds is 7. The van der Waals surface area contributed by atoms with E-state index in [4.69, 9.17) is 4.74 Å².